The molecule has 1 aromatic heterocycles. The molecule has 1 atom stereocenters. The summed E-state index contributed by atoms with van der Waals surface area (Å²) in [6, 6.07) is 5.86. The third-order valence-corrected chi connectivity index (χ3v) is 3.61. The Kier molecular flexibility index (Phi) is 3.66. The van der Waals surface area contributed by atoms with E-state index in [1.165, 1.54) is 0 Å². The molecule has 0 bridgehead atoms. The van der Waals surface area contributed by atoms with E-state index in [1.807, 2.05) is 12.1 Å². The van der Waals surface area contributed by atoms with Gasteiger partial charge >= 0.3 is 5.97 Å². The molecule has 1 aliphatic carbocycles. The topological polar surface area (TPSA) is 53.4 Å². The van der Waals surface area contributed by atoms with Gasteiger partial charge in [-0.15, -0.1) is 0 Å². The lowest BCUT2D eigenvalue weighted by atomic mass is 9.94. The molecule has 1 aliphatic rings. The minimum Gasteiger partial charge on any atom is -0.480 e. The largest absolute Gasteiger partial charge is 0.480 e. The number of pyridine rings is 1. The lowest BCUT2D eigenvalue weighted by Gasteiger charge is -2.37. The van der Waals surface area contributed by atoms with Crippen molar-refractivity contribution in [2.45, 2.75) is 44.7 Å². The highest BCUT2D eigenvalue weighted by Gasteiger charge is 2.48. The number of rotatable bonds is 6. The molecule has 2 rings (SSSR count). The highest BCUT2D eigenvalue weighted by atomic mass is 16.4. The summed E-state index contributed by atoms with van der Waals surface area (Å²) in [5.41, 5.74) is -0.392. The number of hydrogen-bond donors (Lipinski definition) is 1. The van der Waals surface area contributed by atoms with Crippen molar-refractivity contribution in [3.05, 3.63) is 30.1 Å². The Bertz CT molecular complexity index is 417. The lowest BCUT2D eigenvalue weighted by Crippen LogP contribution is -2.51. The van der Waals surface area contributed by atoms with E-state index in [0.29, 0.717) is 11.7 Å². The quantitative estimate of drug-likeness (QED) is 0.839. The van der Waals surface area contributed by atoms with Gasteiger partial charge in [-0.05, 0) is 44.9 Å². The Hall–Kier alpha value is -1.42. The average Bonchev–Trinajstić information content (AvgIpc) is 3.20. The standard InChI is InChI=1S/C14H20N2O2/c1-3-10-16(11-7-8-11)14(2,13(17)18)12-6-4-5-9-15-12/h4-6,9,11H,3,7-8,10H2,1-2H3,(H,17,18). The first kappa shape index (κ1) is 13.0. The molecule has 4 heteroatoms. The summed E-state index contributed by atoms with van der Waals surface area (Å²) in [7, 11) is 0. The first-order chi connectivity index (χ1) is 8.60. The Morgan fingerprint density at radius 3 is 2.72 bits per heavy atom. The van der Waals surface area contributed by atoms with E-state index in [2.05, 4.69) is 16.8 Å². The summed E-state index contributed by atoms with van der Waals surface area (Å²) in [6.45, 7) is 4.64. The second-order valence-corrected chi connectivity index (χ2v) is 5.02. The van der Waals surface area contributed by atoms with Gasteiger partial charge in [-0.3, -0.25) is 9.88 Å². The zero-order chi connectivity index (χ0) is 13.2. The van der Waals surface area contributed by atoms with E-state index in [1.54, 1.807) is 19.2 Å². The van der Waals surface area contributed by atoms with Crippen molar-refractivity contribution in [1.29, 1.82) is 0 Å². The minimum atomic E-state index is -1.02. The van der Waals surface area contributed by atoms with Gasteiger partial charge in [-0.25, -0.2) is 4.79 Å². The van der Waals surface area contributed by atoms with Gasteiger partial charge in [0.15, 0.2) is 5.54 Å². The van der Waals surface area contributed by atoms with Gasteiger partial charge < -0.3 is 5.11 Å². The molecule has 1 N–H and O–H groups in total. The molecular weight excluding hydrogens is 228 g/mol. The maximum Gasteiger partial charge on any atom is 0.330 e. The van der Waals surface area contributed by atoms with Gasteiger partial charge in [0.05, 0.1) is 5.69 Å². The highest BCUT2D eigenvalue weighted by molar-refractivity contribution is 5.79. The molecule has 18 heavy (non-hydrogen) atoms. The van der Waals surface area contributed by atoms with Gasteiger partial charge in [0.25, 0.3) is 0 Å². The van der Waals surface area contributed by atoms with Gasteiger partial charge in [0.2, 0.25) is 0 Å². The first-order valence-electron chi connectivity index (χ1n) is 6.52. The normalized spacial score (nSPS) is 18.6. The van der Waals surface area contributed by atoms with E-state index in [0.717, 1.165) is 25.8 Å². The van der Waals surface area contributed by atoms with Crippen LogP contribution in [0.1, 0.15) is 38.8 Å². The van der Waals surface area contributed by atoms with Crippen molar-refractivity contribution < 1.29 is 9.90 Å². The summed E-state index contributed by atoms with van der Waals surface area (Å²) in [6.07, 6.45) is 4.80. The maximum absolute atomic E-state index is 11.8. The Morgan fingerprint density at radius 1 is 1.56 bits per heavy atom. The molecule has 0 saturated heterocycles. The van der Waals surface area contributed by atoms with E-state index < -0.39 is 11.5 Å². The molecule has 98 valence electrons. The fraction of sp³-hybridized carbons (Fsp3) is 0.571. The van der Waals surface area contributed by atoms with E-state index >= 15 is 0 Å². The molecule has 1 unspecified atom stereocenters. The molecule has 0 aromatic carbocycles. The van der Waals surface area contributed by atoms with Crippen LogP contribution in [-0.4, -0.2) is 33.5 Å². The van der Waals surface area contributed by atoms with Crippen LogP contribution in [0.15, 0.2) is 24.4 Å². The molecular formula is C14H20N2O2. The Balaban J connectivity index is 2.39. The van der Waals surface area contributed by atoms with Gasteiger partial charge in [0, 0.05) is 12.2 Å². The van der Waals surface area contributed by atoms with Crippen molar-refractivity contribution in [3.8, 4) is 0 Å². The molecule has 0 radical (unpaired) electrons. The number of carbonyl (C=O) groups is 1. The number of hydrogen-bond acceptors (Lipinski definition) is 3. The summed E-state index contributed by atoms with van der Waals surface area (Å²) >= 11 is 0. The summed E-state index contributed by atoms with van der Waals surface area (Å²) in [5, 5.41) is 9.68. The molecule has 4 nitrogen and oxygen atoms in total. The van der Waals surface area contributed by atoms with Crippen LogP contribution >= 0.6 is 0 Å². The molecule has 1 fully saturated rings. The smallest absolute Gasteiger partial charge is 0.330 e. The monoisotopic (exact) mass is 248 g/mol. The van der Waals surface area contributed by atoms with Gasteiger partial charge in [-0.1, -0.05) is 13.0 Å². The van der Waals surface area contributed by atoms with Crippen molar-refractivity contribution in [1.82, 2.24) is 9.88 Å². The Morgan fingerprint density at radius 2 is 2.28 bits per heavy atom. The van der Waals surface area contributed by atoms with Crippen LogP contribution < -0.4 is 0 Å². The lowest BCUT2D eigenvalue weighted by molar-refractivity contribution is -0.152. The molecule has 0 spiro atoms. The molecule has 1 heterocycles. The number of aliphatic carboxylic acids is 1. The van der Waals surface area contributed by atoms with Crippen LogP contribution in [0.2, 0.25) is 0 Å². The van der Waals surface area contributed by atoms with Crippen LogP contribution in [0.5, 0.6) is 0 Å². The van der Waals surface area contributed by atoms with Crippen molar-refractivity contribution in [2.75, 3.05) is 6.54 Å². The predicted molar refractivity (Wildman–Crippen MR) is 69.2 cm³/mol. The molecule has 1 aromatic rings. The van der Waals surface area contributed by atoms with Crippen LogP contribution in [0.25, 0.3) is 0 Å². The zero-order valence-electron chi connectivity index (χ0n) is 11.0. The minimum absolute atomic E-state index is 0.396. The molecule has 1 saturated carbocycles. The van der Waals surface area contributed by atoms with Crippen molar-refractivity contribution >= 4 is 5.97 Å². The average molecular weight is 248 g/mol. The zero-order valence-corrected chi connectivity index (χ0v) is 11.0. The SMILES string of the molecule is CCCN(C1CC1)C(C)(C(=O)O)c1ccccn1. The van der Waals surface area contributed by atoms with Crippen LogP contribution in [0.3, 0.4) is 0 Å². The highest BCUT2D eigenvalue weighted by Crippen LogP contribution is 2.38. The van der Waals surface area contributed by atoms with Crippen molar-refractivity contribution in [2.24, 2.45) is 0 Å². The fourth-order valence-corrected chi connectivity index (χ4v) is 2.43. The van der Waals surface area contributed by atoms with E-state index in [4.69, 9.17) is 0 Å². The third kappa shape index (κ3) is 2.25. The summed E-state index contributed by atoms with van der Waals surface area (Å²) < 4.78 is 0. The first-order valence-corrected chi connectivity index (χ1v) is 6.52. The second kappa shape index (κ2) is 5.06. The van der Waals surface area contributed by atoms with Crippen molar-refractivity contribution in [3.63, 3.8) is 0 Å². The number of nitrogens with zero attached hydrogens (tertiary/aromatic N) is 2. The van der Waals surface area contributed by atoms with E-state index in [9.17, 15) is 9.90 Å². The predicted octanol–water partition coefficient (Wildman–Crippen LogP) is 2.26. The number of carboxylic acids is 1. The summed E-state index contributed by atoms with van der Waals surface area (Å²) in [4.78, 5) is 18.1. The van der Waals surface area contributed by atoms with Crippen LogP contribution in [0, 0.1) is 0 Å². The number of carboxylic acid groups (broad SMARTS) is 1. The molecule has 0 aliphatic heterocycles. The number of aromatic nitrogens is 1. The third-order valence-electron chi connectivity index (χ3n) is 3.61. The van der Waals surface area contributed by atoms with E-state index in [-0.39, 0.29) is 0 Å². The fourth-order valence-electron chi connectivity index (χ4n) is 2.43. The van der Waals surface area contributed by atoms with Crippen LogP contribution in [-0.2, 0) is 10.3 Å². The second-order valence-electron chi connectivity index (χ2n) is 5.02. The molecule has 0 amide bonds. The Labute approximate surface area is 108 Å². The van der Waals surface area contributed by atoms with Gasteiger partial charge in [-0.2, -0.15) is 0 Å². The van der Waals surface area contributed by atoms with Gasteiger partial charge in [0.1, 0.15) is 0 Å². The summed E-state index contributed by atoms with van der Waals surface area (Å²) in [5.74, 6) is -0.818. The van der Waals surface area contributed by atoms with Crippen LogP contribution in [0.4, 0.5) is 0 Å². The maximum atomic E-state index is 11.8.